The monoisotopic (exact) mass is 898 g/mol. The second kappa shape index (κ2) is 45.0. The van der Waals surface area contributed by atoms with Crippen molar-refractivity contribution in [3.8, 4) is 0 Å². The van der Waals surface area contributed by atoms with E-state index in [4.69, 9.17) is 9.47 Å². The molecule has 0 spiro atoms. The lowest BCUT2D eigenvalue weighted by atomic mass is 9.99. The Morgan fingerprint density at radius 3 is 1.13 bits per heavy atom. The van der Waals surface area contributed by atoms with E-state index in [1.165, 1.54) is 218 Å². The van der Waals surface area contributed by atoms with Crippen LogP contribution in [0.4, 0.5) is 0 Å². The number of hydrogen-bond donors (Lipinski definition) is 6. The van der Waals surface area contributed by atoms with E-state index >= 15 is 0 Å². The summed E-state index contributed by atoms with van der Waals surface area (Å²) in [6.07, 6.45) is 45.5. The van der Waals surface area contributed by atoms with Crippen LogP contribution < -0.4 is 5.32 Å². The molecule has 6 N–H and O–H groups in total. The normalized spacial score (nSPS) is 20.0. The number of aliphatic hydroxyl groups excluding tert-OH is 5. The highest BCUT2D eigenvalue weighted by Gasteiger charge is 2.44. The third-order valence-corrected chi connectivity index (χ3v) is 13.7. The fourth-order valence-corrected chi connectivity index (χ4v) is 9.28. The first-order chi connectivity index (χ1) is 30.8. The summed E-state index contributed by atoms with van der Waals surface area (Å²) < 4.78 is 11.3. The molecule has 1 aliphatic heterocycles. The average Bonchev–Trinajstić information content (AvgIpc) is 3.28. The molecule has 0 radical (unpaired) electrons. The van der Waals surface area contributed by atoms with Crippen molar-refractivity contribution in [2.24, 2.45) is 0 Å². The number of carbonyl (C=O) groups excluding carboxylic acids is 1. The van der Waals surface area contributed by atoms with Crippen LogP contribution in [0.2, 0.25) is 0 Å². The number of carbonyl (C=O) groups is 1. The van der Waals surface area contributed by atoms with Crippen LogP contribution in [0.1, 0.15) is 284 Å². The highest BCUT2D eigenvalue weighted by atomic mass is 16.7. The highest BCUT2D eigenvalue weighted by molar-refractivity contribution is 5.76. The molecule has 0 aliphatic carbocycles. The fraction of sp³-hybridized carbons (Fsp3) is 0.981. The zero-order valence-corrected chi connectivity index (χ0v) is 41.6. The van der Waals surface area contributed by atoms with Crippen molar-refractivity contribution in [3.05, 3.63) is 0 Å². The summed E-state index contributed by atoms with van der Waals surface area (Å²) in [5.74, 6) is -0.137. The van der Waals surface area contributed by atoms with Gasteiger partial charge in [0.15, 0.2) is 6.29 Å². The molecule has 376 valence electrons. The maximum Gasteiger partial charge on any atom is 0.220 e. The van der Waals surface area contributed by atoms with E-state index in [9.17, 15) is 30.3 Å². The smallest absolute Gasteiger partial charge is 0.220 e. The Morgan fingerprint density at radius 1 is 0.476 bits per heavy atom. The van der Waals surface area contributed by atoms with Gasteiger partial charge in [0.2, 0.25) is 5.91 Å². The first-order valence-electron chi connectivity index (χ1n) is 27.7. The van der Waals surface area contributed by atoms with Gasteiger partial charge in [-0.15, -0.1) is 0 Å². The van der Waals surface area contributed by atoms with Gasteiger partial charge in [0.25, 0.3) is 0 Å². The molecule has 1 fully saturated rings. The fourth-order valence-electron chi connectivity index (χ4n) is 9.28. The molecule has 63 heavy (non-hydrogen) atoms. The van der Waals surface area contributed by atoms with Crippen molar-refractivity contribution >= 4 is 5.91 Å². The standard InChI is InChI=1S/C54H107NO8/c1-3-5-7-9-11-13-15-17-19-21-22-23-24-25-26-28-29-31-33-35-37-39-41-43-48(57)47(46-62-54-53(61)52(60)51(59)49(45-56)63-54)55-50(58)44-42-40-38-36-34-32-30-27-20-18-16-14-12-10-8-6-4-2/h47-49,51-54,56-57,59-61H,3-46H2,1-2H3,(H,55,58). The minimum Gasteiger partial charge on any atom is -0.394 e. The summed E-state index contributed by atoms with van der Waals surface area (Å²) in [5, 5.41) is 54.6. The molecule has 0 aromatic rings. The van der Waals surface area contributed by atoms with Crippen LogP contribution in [0.15, 0.2) is 0 Å². The molecule has 0 aromatic heterocycles. The van der Waals surface area contributed by atoms with E-state index < -0.39 is 49.5 Å². The van der Waals surface area contributed by atoms with Gasteiger partial charge < -0.3 is 40.3 Å². The number of unbranched alkanes of at least 4 members (excludes halogenated alkanes) is 38. The Balaban J connectivity index is 2.21. The summed E-state index contributed by atoms with van der Waals surface area (Å²) in [6.45, 7) is 3.88. The van der Waals surface area contributed by atoms with E-state index in [0.29, 0.717) is 12.8 Å². The Kier molecular flexibility index (Phi) is 43.0. The Bertz CT molecular complexity index is 955. The van der Waals surface area contributed by atoms with Crippen LogP contribution in [-0.4, -0.2) is 87.5 Å². The molecule has 1 rings (SSSR count). The molecule has 1 heterocycles. The second-order valence-electron chi connectivity index (χ2n) is 19.7. The number of aliphatic hydroxyl groups is 5. The van der Waals surface area contributed by atoms with E-state index in [1.54, 1.807) is 0 Å². The van der Waals surface area contributed by atoms with Crippen molar-refractivity contribution < 1.29 is 39.8 Å². The molecule has 7 unspecified atom stereocenters. The molecule has 9 nitrogen and oxygen atoms in total. The molecule has 9 heteroatoms. The van der Waals surface area contributed by atoms with E-state index in [0.717, 1.165) is 38.5 Å². The van der Waals surface area contributed by atoms with E-state index in [2.05, 4.69) is 19.2 Å². The molecular weight excluding hydrogens is 791 g/mol. The van der Waals surface area contributed by atoms with Gasteiger partial charge >= 0.3 is 0 Å². The SMILES string of the molecule is CCCCCCCCCCCCCCCCCCCCCCCCCC(O)C(COC1OC(CO)C(O)C(O)C1O)NC(=O)CCCCCCCCCCCCCCCCCCC. The topological polar surface area (TPSA) is 149 Å². The van der Waals surface area contributed by atoms with Gasteiger partial charge in [-0.1, -0.05) is 264 Å². The Labute approximate surface area is 389 Å². The number of rotatable bonds is 48. The van der Waals surface area contributed by atoms with Gasteiger partial charge in [-0.3, -0.25) is 4.79 Å². The summed E-state index contributed by atoms with van der Waals surface area (Å²) in [6, 6.07) is -0.713. The van der Waals surface area contributed by atoms with Crippen molar-refractivity contribution in [3.63, 3.8) is 0 Å². The molecule has 0 saturated carbocycles. The minimum atomic E-state index is -1.55. The zero-order valence-electron chi connectivity index (χ0n) is 41.6. The number of amides is 1. The van der Waals surface area contributed by atoms with Gasteiger partial charge in [0.1, 0.15) is 24.4 Å². The number of nitrogens with one attached hydrogen (secondary N) is 1. The van der Waals surface area contributed by atoms with Crippen LogP contribution in [0.3, 0.4) is 0 Å². The van der Waals surface area contributed by atoms with Crippen LogP contribution in [-0.2, 0) is 14.3 Å². The van der Waals surface area contributed by atoms with E-state index in [-0.39, 0.29) is 12.5 Å². The summed E-state index contributed by atoms with van der Waals surface area (Å²) >= 11 is 0. The molecule has 0 bridgehead atoms. The van der Waals surface area contributed by atoms with Crippen molar-refractivity contribution in [1.82, 2.24) is 5.32 Å². The van der Waals surface area contributed by atoms with Gasteiger partial charge in [0.05, 0.1) is 25.4 Å². The molecule has 0 aromatic carbocycles. The predicted octanol–water partition coefficient (Wildman–Crippen LogP) is 13.1. The lowest BCUT2D eigenvalue weighted by molar-refractivity contribution is -0.302. The molecule has 1 amide bonds. The number of hydrogen-bond acceptors (Lipinski definition) is 8. The lowest BCUT2D eigenvalue weighted by Gasteiger charge is -2.40. The summed E-state index contributed by atoms with van der Waals surface area (Å²) in [7, 11) is 0. The zero-order chi connectivity index (χ0) is 45.9. The molecular formula is C54H107NO8. The van der Waals surface area contributed by atoms with Crippen molar-refractivity contribution in [1.29, 1.82) is 0 Å². The second-order valence-corrected chi connectivity index (χ2v) is 19.7. The van der Waals surface area contributed by atoms with E-state index in [1.807, 2.05) is 0 Å². The predicted molar refractivity (Wildman–Crippen MR) is 263 cm³/mol. The maximum atomic E-state index is 13.0. The number of ether oxygens (including phenoxy) is 2. The van der Waals surface area contributed by atoms with Gasteiger partial charge in [0, 0.05) is 6.42 Å². The Morgan fingerprint density at radius 2 is 0.794 bits per heavy atom. The largest absolute Gasteiger partial charge is 0.394 e. The van der Waals surface area contributed by atoms with Gasteiger partial charge in [-0.2, -0.15) is 0 Å². The average molecular weight is 898 g/mol. The maximum absolute atomic E-state index is 13.0. The lowest BCUT2D eigenvalue weighted by Crippen LogP contribution is -2.60. The first-order valence-corrected chi connectivity index (χ1v) is 27.7. The highest BCUT2D eigenvalue weighted by Crippen LogP contribution is 2.23. The minimum absolute atomic E-state index is 0.131. The summed E-state index contributed by atoms with van der Waals surface area (Å²) in [5.41, 5.74) is 0. The first kappa shape index (κ1) is 60.2. The van der Waals surface area contributed by atoms with Crippen LogP contribution >= 0.6 is 0 Å². The third-order valence-electron chi connectivity index (χ3n) is 13.7. The van der Waals surface area contributed by atoms with Crippen molar-refractivity contribution in [2.45, 2.75) is 326 Å². The van der Waals surface area contributed by atoms with Crippen LogP contribution in [0.5, 0.6) is 0 Å². The van der Waals surface area contributed by atoms with Crippen LogP contribution in [0.25, 0.3) is 0 Å². The van der Waals surface area contributed by atoms with Gasteiger partial charge in [-0.05, 0) is 12.8 Å². The summed E-state index contributed by atoms with van der Waals surface area (Å²) in [4.78, 5) is 13.0. The molecule has 7 atom stereocenters. The molecule has 1 saturated heterocycles. The third kappa shape index (κ3) is 35.1. The van der Waals surface area contributed by atoms with Crippen LogP contribution in [0, 0.1) is 0 Å². The van der Waals surface area contributed by atoms with Crippen molar-refractivity contribution in [2.75, 3.05) is 13.2 Å². The quantitative estimate of drug-likeness (QED) is 0.0331. The Hall–Kier alpha value is -0.810. The molecule has 1 aliphatic rings. The van der Waals surface area contributed by atoms with Gasteiger partial charge in [-0.25, -0.2) is 0 Å².